The number of halogens is 4. The van der Waals surface area contributed by atoms with Crippen LogP contribution in [0.3, 0.4) is 0 Å². The number of phosphoric acid groups is 1. The van der Waals surface area contributed by atoms with Crippen molar-refractivity contribution in [3.63, 3.8) is 0 Å². The Hall–Kier alpha value is -2.96. The van der Waals surface area contributed by atoms with E-state index in [1.165, 1.54) is 36.4 Å². The van der Waals surface area contributed by atoms with E-state index in [-0.39, 0.29) is 57.0 Å². The van der Waals surface area contributed by atoms with Gasteiger partial charge in [0, 0.05) is 24.1 Å². The highest BCUT2D eigenvalue weighted by Crippen LogP contribution is 2.42. The van der Waals surface area contributed by atoms with Crippen molar-refractivity contribution in [1.82, 2.24) is 5.32 Å². The van der Waals surface area contributed by atoms with E-state index in [1.54, 1.807) is 12.1 Å². The molecule has 0 bridgehead atoms. The lowest BCUT2D eigenvalue weighted by atomic mass is 9.99. The second-order valence-corrected chi connectivity index (χ2v) is 13.9. The number of alkyl halides is 2. The van der Waals surface area contributed by atoms with Crippen LogP contribution in [0.15, 0.2) is 48.5 Å². The van der Waals surface area contributed by atoms with Crippen LogP contribution in [0.25, 0.3) is 0 Å². The summed E-state index contributed by atoms with van der Waals surface area (Å²) in [4.78, 5) is 32.1. The minimum absolute atomic E-state index is 0.00437. The number of phosphoric ester groups is 1. The molecule has 10 nitrogen and oxygen atoms in total. The molecule has 0 aliphatic heterocycles. The number of hydrogen-bond donors (Lipinski definition) is 5. The molecule has 5 N–H and O–H groups in total. The van der Waals surface area contributed by atoms with E-state index >= 15 is 0 Å². The summed E-state index contributed by atoms with van der Waals surface area (Å²) in [6, 6.07) is 11.4. The monoisotopic (exact) mass is 702 g/mol. The van der Waals surface area contributed by atoms with Gasteiger partial charge in [-0.2, -0.15) is 8.78 Å². The molecule has 1 unspecified atom stereocenters. The largest absolute Gasteiger partial charge is 0.524 e. The van der Waals surface area contributed by atoms with Crippen molar-refractivity contribution in [3.8, 4) is 17.2 Å². The van der Waals surface area contributed by atoms with Gasteiger partial charge in [0.1, 0.15) is 5.75 Å². The number of hydrogen-bond acceptors (Lipinski definition) is 7. The van der Waals surface area contributed by atoms with Gasteiger partial charge in [-0.3, -0.25) is 14.6 Å². The van der Waals surface area contributed by atoms with Gasteiger partial charge in [-0.1, -0.05) is 35.3 Å². The smallest absolute Gasteiger partial charge is 0.489 e. The molecule has 3 aromatic carbocycles. The normalized spacial score (nSPS) is 14.2. The molecule has 0 radical (unpaired) electrons. The Balaban J connectivity index is 1.53. The fraction of sp³-hybridized carbons (Fsp3) is 0.387. The number of aliphatic hydroxyl groups excluding tert-OH is 1. The van der Waals surface area contributed by atoms with Crippen LogP contribution in [0.5, 0.6) is 17.2 Å². The number of carbonyl (C=O) groups is 1. The number of anilines is 1. The maximum Gasteiger partial charge on any atom is 0.524 e. The van der Waals surface area contributed by atoms with Gasteiger partial charge in [0.05, 0.1) is 28.4 Å². The van der Waals surface area contributed by atoms with Gasteiger partial charge in [-0.25, -0.2) is 4.57 Å². The second-order valence-electron chi connectivity index (χ2n) is 12.0. The Labute approximate surface area is 275 Å². The third-order valence-corrected chi connectivity index (χ3v) is 7.88. The molecular formula is C31H35Cl2F2N2O8P. The topological polar surface area (TPSA) is 147 Å². The van der Waals surface area contributed by atoms with E-state index < -0.39 is 26.4 Å². The minimum atomic E-state index is -4.95. The van der Waals surface area contributed by atoms with Crippen molar-refractivity contribution < 1.29 is 47.0 Å². The third-order valence-electron chi connectivity index (χ3n) is 6.85. The quantitative estimate of drug-likeness (QED) is 0.111. The van der Waals surface area contributed by atoms with Crippen LogP contribution in [0.4, 0.5) is 14.5 Å². The van der Waals surface area contributed by atoms with E-state index in [1.807, 2.05) is 20.8 Å². The number of β-amino-alcohol motifs (C(OH)–C–C–N with tert-alkyl or cyclic N) is 1. The molecule has 1 aliphatic rings. The fourth-order valence-electron chi connectivity index (χ4n) is 4.36. The van der Waals surface area contributed by atoms with Crippen molar-refractivity contribution in [1.29, 1.82) is 0 Å². The summed E-state index contributed by atoms with van der Waals surface area (Å²) in [5.74, 6) is -0.635. The molecule has 1 atom stereocenters. The molecule has 0 aromatic heterocycles. The molecule has 0 spiro atoms. The van der Waals surface area contributed by atoms with Crippen LogP contribution in [-0.4, -0.2) is 46.1 Å². The van der Waals surface area contributed by atoms with E-state index in [0.29, 0.717) is 29.2 Å². The number of ether oxygens (including phenoxy) is 2. The van der Waals surface area contributed by atoms with Crippen molar-refractivity contribution in [2.75, 3.05) is 18.5 Å². The number of rotatable bonds is 14. The number of carbonyl (C=O) groups excluding carboxylic acids is 1. The van der Waals surface area contributed by atoms with Crippen molar-refractivity contribution in [2.24, 2.45) is 5.92 Å². The summed E-state index contributed by atoms with van der Waals surface area (Å²) in [6.07, 6.45) is 1.04. The lowest BCUT2D eigenvalue weighted by Gasteiger charge is -2.23. The molecular weight excluding hydrogens is 668 g/mol. The van der Waals surface area contributed by atoms with Gasteiger partial charge in [0.2, 0.25) is 0 Å². The first-order valence-corrected chi connectivity index (χ1v) is 16.6. The Kier molecular flexibility index (Phi) is 11.6. The van der Waals surface area contributed by atoms with Crippen molar-refractivity contribution in [3.05, 3.63) is 80.8 Å². The molecule has 250 valence electrons. The highest BCUT2D eigenvalue weighted by atomic mass is 35.5. The lowest BCUT2D eigenvalue weighted by molar-refractivity contribution is -0.0515. The summed E-state index contributed by atoms with van der Waals surface area (Å²) in [6.45, 7) is 3.24. The SMILES string of the molecule is CC(C)(C)NCC(O)c1ccc(Cc2cc(Cl)c(NC(=O)c3ccc(OC(F)F)c(OCC4CC4)c3)c(Cl)c2)c(OP(=O)(O)O)c1. The van der Waals surface area contributed by atoms with E-state index in [0.717, 1.165) is 12.8 Å². The van der Waals surface area contributed by atoms with Crippen LogP contribution < -0.4 is 24.6 Å². The van der Waals surface area contributed by atoms with Crippen LogP contribution in [0.1, 0.15) is 66.8 Å². The zero-order valence-electron chi connectivity index (χ0n) is 25.2. The first kappa shape index (κ1) is 35.9. The predicted molar refractivity (Wildman–Crippen MR) is 170 cm³/mol. The summed E-state index contributed by atoms with van der Waals surface area (Å²) in [7, 11) is -4.95. The highest BCUT2D eigenvalue weighted by Gasteiger charge is 2.25. The van der Waals surface area contributed by atoms with Gasteiger partial charge < -0.3 is 29.7 Å². The number of nitrogens with one attached hydrogen (secondary N) is 2. The first-order valence-electron chi connectivity index (χ1n) is 14.3. The van der Waals surface area contributed by atoms with Crippen LogP contribution in [0, 0.1) is 5.92 Å². The Morgan fingerprint density at radius 1 is 1.02 bits per heavy atom. The molecule has 1 saturated carbocycles. The molecule has 0 heterocycles. The average molecular weight is 704 g/mol. The van der Waals surface area contributed by atoms with Gasteiger partial charge in [-0.15, -0.1) is 0 Å². The third kappa shape index (κ3) is 10.8. The maximum absolute atomic E-state index is 13.1. The highest BCUT2D eigenvalue weighted by molar-refractivity contribution is 7.46. The van der Waals surface area contributed by atoms with Crippen molar-refractivity contribution >= 4 is 42.6 Å². The average Bonchev–Trinajstić information content (AvgIpc) is 3.77. The Bertz CT molecular complexity index is 1590. The zero-order chi connectivity index (χ0) is 33.8. The Morgan fingerprint density at radius 2 is 1.70 bits per heavy atom. The molecule has 4 rings (SSSR count). The minimum Gasteiger partial charge on any atom is -0.489 e. The molecule has 1 amide bonds. The number of benzene rings is 3. The van der Waals surface area contributed by atoms with Crippen LogP contribution in [-0.2, 0) is 11.0 Å². The Morgan fingerprint density at radius 3 is 2.28 bits per heavy atom. The number of amides is 1. The number of aliphatic hydroxyl groups is 1. The molecule has 1 aliphatic carbocycles. The second kappa shape index (κ2) is 14.9. The summed E-state index contributed by atoms with van der Waals surface area (Å²) < 4.78 is 52.6. The maximum atomic E-state index is 13.1. The van der Waals surface area contributed by atoms with E-state index in [2.05, 4.69) is 15.4 Å². The summed E-state index contributed by atoms with van der Waals surface area (Å²) in [5.41, 5.74) is 1.18. The summed E-state index contributed by atoms with van der Waals surface area (Å²) in [5, 5.41) is 16.6. The summed E-state index contributed by atoms with van der Waals surface area (Å²) >= 11 is 13.0. The fourth-order valence-corrected chi connectivity index (χ4v) is 5.41. The van der Waals surface area contributed by atoms with Gasteiger partial charge in [0.15, 0.2) is 11.5 Å². The standard InChI is InChI=1S/C31H35Cl2F2N2O8P/c1-31(2,3)36-15-24(38)19-6-7-20(26(13-19)45-46(40,41)42)10-18-11-22(32)28(23(33)12-18)37-29(39)21-8-9-25(44-30(34)35)27(14-21)43-16-17-4-5-17/h6-9,11-14,17,24,30,36,38H,4-5,10,15-16H2,1-3H3,(H,37,39)(H2,40,41,42). The van der Waals surface area contributed by atoms with E-state index in [4.69, 9.17) is 32.5 Å². The van der Waals surface area contributed by atoms with Crippen LogP contribution in [0.2, 0.25) is 10.0 Å². The van der Waals surface area contributed by atoms with Gasteiger partial charge in [-0.05, 0) is 92.6 Å². The molecule has 1 fully saturated rings. The molecule has 46 heavy (non-hydrogen) atoms. The molecule has 0 saturated heterocycles. The molecule has 15 heteroatoms. The molecule has 3 aromatic rings. The predicted octanol–water partition coefficient (Wildman–Crippen LogP) is 7.12. The van der Waals surface area contributed by atoms with Gasteiger partial charge in [0.25, 0.3) is 5.91 Å². The van der Waals surface area contributed by atoms with Crippen LogP contribution >= 0.6 is 31.0 Å². The zero-order valence-corrected chi connectivity index (χ0v) is 27.6. The van der Waals surface area contributed by atoms with Crippen molar-refractivity contribution in [2.45, 2.75) is 58.3 Å². The first-order chi connectivity index (χ1) is 21.5. The van der Waals surface area contributed by atoms with Gasteiger partial charge >= 0.3 is 14.4 Å². The van der Waals surface area contributed by atoms with E-state index in [9.17, 15) is 33.0 Å². The lowest BCUT2D eigenvalue weighted by Crippen LogP contribution is -2.38.